The largest absolute Gasteiger partial charge is 0.471 e. The normalized spacial score (nSPS) is 12.2. The van der Waals surface area contributed by atoms with Gasteiger partial charge in [0.05, 0.1) is 6.04 Å². The maximum Gasteiger partial charge on any atom is 0.278 e. The molecule has 1 unspecified atom stereocenters. The molecule has 0 bridgehead atoms. The number of hydrogen-bond acceptors (Lipinski definition) is 5. The molecule has 0 spiro atoms. The predicted octanol–water partition coefficient (Wildman–Crippen LogP) is 3.27. The van der Waals surface area contributed by atoms with E-state index in [1.807, 2.05) is 0 Å². The van der Waals surface area contributed by atoms with Crippen molar-refractivity contribution in [2.45, 2.75) is 39.7 Å². The van der Waals surface area contributed by atoms with Gasteiger partial charge in [-0.2, -0.15) is 0 Å². The van der Waals surface area contributed by atoms with E-state index >= 15 is 0 Å². The molecule has 0 aliphatic heterocycles. The van der Waals surface area contributed by atoms with E-state index in [9.17, 15) is 18.4 Å². The summed E-state index contributed by atoms with van der Waals surface area (Å²) in [6.45, 7) is 4.83. The molecule has 2 heterocycles. The van der Waals surface area contributed by atoms with Crippen LogP contribution >= 0.6 is 0 Å². The molecular weight excluding hydrogens is 370 g/mol. The zero-order chi connectivity index (χ0) is 20.9. The van der Waals surface area contributed by atoms with Crippen LogP contribution in [0.15, 0.2) is 30.5 Å². The number of alkyl halides is 2. The average Bonchev–Trinajstić information content (AvgIpc) is 2.58. The van der Waals surface area contributed by atoms with Gasteiger partial charge in [-0.05, 0) is 31.5 Å². The first kappa shape index (κ1) is 21.2. The quantitative estimate of drug-likeness (QED) is 0.754. The number of nitrogens with one attached hydrogen (secondary N) is 2. The summed E-state index contributed by atoms with van der Waals surface area (Å²) in [5.41, 5.74) is 1.61. The molecule has 0 radical (unpaired) electrons. The highest BCUT2D eigenvalue weighted by Gasteiger charge is 2.22. The van der Waals surface area contributed by atoms with E-state index in [1.165, 1.54) is 25.3 Å². The van der Waals surface area contributed by atoms with Gasteiger partial charge in [-0.15, -0.1) is 0 Å². The van der Waals surface area contributed by atoms with Crippen LogP contribution in [0.4, 0.5) is 14.6 Å². The SMILES string of the molecule is CC(=O)Nc1cc(C(=O)NC(C)c2ccc(OCC(C)(F)F)nc2)cc(C)n1. The summed E-state index contributed by atoms with van der Waals surface area (Å²) in [6.07, 6.45) is 1.45. The van der Waals surface area contributed by atoms with Crippen LogP contribution in [-0.4, -0.2) is 34.3 Å². The van der Waals surface area contributed by atoms with E-state index in [-0.39, 0.29) is 23.7 Å². The van der Waals surface area contributed by atoms with Gasteiger partial charge in [0.1, 0.15) is 5.82 Å². The van der Waals surface area contributed by atoms with Gasteiger partial charge in [-0.25, -0.2) is 18.7 Å². The number of carbonyl (C=O) groups is 2. The minimum absolute atomic E-state index is 0.0773. The van der Waals surface area contributed by atoms with Crippen molar-refractivity contribution in [3.8, 4) is 5.88 Å². The number of pyridine rings is 2. The van der Waals surface area contributed by atoms with Crippen molar-refractivity contribution >= 4 is 17.6 Å². The molecule has 2 aromatic heterocycles. The van der Waals surface area contributed by atoms with Crippen LogP contribution in [-0.2, 0) is 4.79 Å². The molecule has 0 saturated heterocycles. The molecule has 0 saturated carbocycles. The van der Waals surface area contributed by atoms with E-state index in [2.05, 4.69) is 20.6 Å². The van der Waals surface area contributed by atoms with Gasteiger partial charge in [-0.1, -0.05) is 6.07 Å². The van der Waals surface area contributed by atoms with Gasteiger partial charge in [0.25, 0.3) is 11.8 Å². The minimum atomic E-state index is -2.94. The van der Waals surface area contributed by atoms with Gasteiger partial charge in [0.15, 0.2) is 6.61 Å². The lowest BCUT2D eigenvalue weighted by Gasteiger charge is -2.16. The second-order valence-corrected chi connectivity index (χ2v) is 6.55. The monoisotopic (exact) mass is 392 g/mol. The number of rotatable bonds is 7. The fourth-order valence-corrected chi connectivity index (χ4v) is 2.34. The second-order valence-electron chi connectivity index (χ2n) is 6.55. The van der Waals surface area contributed by atoms with Crippen LogP contribution in [0.5, 0.6) is 5.88 Å². The third-order valence-corrected chi connectivity index (χ3v) is 3.60. The molecule has 2 rings (SSSR count). The molecule has 7 nitrogen and oxygen atoms in total. The topological polar surface area (TPSA) is 93.2 Å². The molecule has 1 atom stereocenters. The Hall–Kier alpha value is -3.10. The van der Waals surface area contributed by atoms with Gasteiger partial charge < -0.3 is 15.4 Å². The van der Waals surface area contributed by atoms with Gasteiger partial charge in [-0.3, -0.25) is 9.59 Å². The van der Waals surface area contributed by atoms with Crippen LogP contribution in [0.1, 0.15) is 48.4 Å². The maximum absolute atomic E-state index is 12.8. The lowest BCUT2D eigenvalue weighted by Crippen LogP contribution is -2.27. The summed E-state index contributed by atoms with van der Waals surface area (Å²) < 4.78 is 30.6. The van der Waals surface area contributed by atoms with Crippen molar-refractivity contribution < 1.29 is 23.1 Å². The Morgan fingerprint density at radius 3 is 2.57 bits per heavy atom. The number of nitrogens with zero attached hydrogens (tertiary/aromatic N) is 2. The molecular formula is C19H22F2N4O3. The summed E-state index contributed by atoms with van der Waals surface area (Å²) in [5.74, 6) is -3.21. The molecule has 2 N–H and O–H groups in total. The first-order valence-electron chi connectivity index (χ1n) is 8.57. The Balaban J connectivity index is 2.04. The first-order chi connectivity index (χ1) is 13.0. The van der Waals surface area contributed by atoms with Crippen molar-refractivity contribution in [3.05, 3.63) is 47.3 Å². The van der Waals surface area contributed by atoms with Crippen molar-refractivity contribution in [1.82, 2.24) is 15.3 Å². The molecule has 0 aromatic carbocycles. The lowest BCUT2D eigenvalue weighted by molar-refractivity contribution is -0.114. The van der Waals surface area contributed by atoms with Crippen molar-refractivity contribution in [2.24, 2.45) is 0 Å². The Morgan fingerprint density at radius 2 is 2.00 bits per heavy atom. The number of ether oxygens (including phenoxy) is 1. The lowest BCUT2D eigenvalue weighted by atomic mass is 10.1. The Bertz CT molecular complexity index is 851. The van der Waals surface area contributed by atoms with Crippen molar-refractivity contribution in [1.29, 1.82) is 0 Å². The Kier molecular flexibility index (Phi) is 6.61. The molecule has 0 fully saturated rings. The second kappa shape index (κ2) is 8.73. The van der Waals surface area contributed by atoms with Crippen molar-refractivity contribution in [3.63, 3.8) is 0 Å². The summed E-state index contributed by atoms with van der Waals surface area (Å²) in [6, 6.07) is 5.81. The van der Waals surface area contributed by atoms with Gasteiger partial charge in [0, 0.05) is 37.4 Å². The van der Waals surface area contributed by atoms with Crippen LogP contribution in [0.3, 0.4) is 0 Å². The number of carbonyl (C=O) groups excluding carboxylic acids is 2. The molecule has 9 heteroatoms. The van der Waals surface area contributed by atoms with Crippen LogP contribution < -0.4 is 15.4 Å². The fraction of sp³-hybridized carbons (Fsp3) is 0.368. The third-order valence-electron chi connectivity index (χ3n) is 3.60. The number of hydrogen-bond donors (Lipinski definition) is 2. The van der Waals surface area contributed by atoms with Crippen LogP contribution in [0.25, 0.3) is 0 Å². The molecule has 0 aliphatic carbocycles. The van der Waals surface area contributed by atoms with E-state index in [0.29, 0.717) is 22.6 Å². The highest BCUT2D eigenvalue weighted by Crippen LogP contribution is 2.18. The van der Waals surface area contributed by atoms with E-state index in [4.69, 9.17) is 4.74 Å². The maximum atomic E-state index is 12.8. The summed E-state index contributed by atoms with van der Waals surface area (Å²) in [4.78, 5) is 31.8. The van der Waals surface area contributed by atoms with Crippen molar-refractivity contribution in [2.75, 3.05) is 11.9 Å². The fourth-order valence-electron chi connectivity index (χ4n) is 2.34. The van der Waals surface area contributed by atoms with E-state index in [1.54, 1.807) is 26.0 Å². The zero-order valence-corrected chi connectivity index (χ0v) is 16.0. The highest BCUT2D eigenvalue weighted by atomic mass is 19.3. The number of aromatic nitrogens is 2. The third kappa shape index (κ3) is 6.57. The van der Waals surface area contributed by atoms with Crippen LogP contribution in [0.2, 0.25) is 0 Å². The Morgan fingerprint density at radius 1 is 1.29 bits per heavy atom. The number of aryl methyl sites for hydroxylation is 1. The number of halogens is 2. The van der Waals surface area contributed by atoms with Gasteiger partial charge >= 0.3 is 0 Å². The predicted molar refractivity (Wildman–Crippen MR) is 99.5 cm³/mol. The standard InChI is InChI=1S/C19H22F2N4O3/c1-11-7-15(8-16(23-11)25-13(3)26)18(27)24-12(2)14-5-6-17(22-9-14)28-10-19(4,20)21/h5-9,12H,10H2,1-4H3,(H,24,27)(H,23,25,26). The van der Waals surface area contributed by atoms with Crippen LogP contribution in [0, 0.1) is 6.92 Å². The smallest absolute Gasteiger partial charge is 0.278 e. The minimum Gasteiger partial charge on any atom is -0.471 e. The summed E-state index contributed by atoms with van der Waals surface area (Å²) >= 11 is 0. The molecule has 150 valence electrons. The highest BCUT2D eigenvalue weighted by molar-refractivity contribution is 5.96. The Labute approximate surface area is 161 Å². The van der Waals surface area contributed by atoms with E-state index in [0.717, 1.165) is 6.92 Å². The summed E-state index contributed by atoms with van der Waals surface area (Å²) in [7, 11) is 0. The number of amides is 2. The van der Waals surface area contributed by atoms with E-state index < -0.39 is 12.5 Å². The summed E-state index contributed by atoms with van der Waals surface area (Å²) in [5, 5.41) is 5.36. The number of anilines is 1. The molecule has 0 aliphatic rings. The molecule has 28 heavy (non-hydrogen) atoms. The molecule has 2 aromatic rings. The molecule has 2 amide bonds. The first-order valence-corrected chi connectivity index (χ1v) is 8.57. The average molecular weight is 392 g/mol. The van der Waals surface area contributed by atoms with Gasteiger partial charge in [0.2, 0.25) is 11.8 Å². The zero-order valence-electron chi connectivity index (χ0n) is 16.0.